The number of anilines is 2. The molecule has 3 rings (SSSR count). The van der Waals surface area contributed by atoms with Crippen molar-refractivity contribution in [1.29, 1.82) is 0 Å². The quantitative estimate of drug-likeness (QED) is 0.805. The van der Waals surface area contributed by atoms with Gasteiger partial charge in [-0.25, -0.2) is 4.79 Å². The Labute approximate surface area is 167 Å². The molecule has 2 amide bonds. The number of carbonyl (C=O) groups is 1. The Bertz CT molecular complexity index is 770. The molecule has 150 valence electrons. The molecular formula is C22H30N4O2. The highest BCUT2D eigenvalue weighted by Crippen LogP contribution is 2.24. The molecule has 6 nitrogen and oxygen atoms in total. The monoisotopic (exact) mass is 382 g/mol. The van der Waals surface area contributed by atoms with E-state index in [0.717, 1.165) is 43.2 Å². The fourth-order valence-electron chi connectivity index (χ4n) is 3.43. The smallest absolute Gasteiger partial charge is 0.319 e. The van der Waals surface area contributed by atoms with Gasteiger partial charge in [-0.15, -0.1) is 0 Å². The molecule has 0 unspecified atom stereocenters. The molecule has 1 aliphatic heterocycles. The molecule has 28 heavy (non-hydrogen) atoms. The summed E-state index contributed by atoms with van der Waals surface area (Å²) in [4.78, 5) is 16.9. The zero-order valence-corrected chi connectivity index (χ0v) is 16.9. The van der Waals surface area contributed by atoms with E-state index in [-0.39, 0.29) is 12.1 Å². The van der Waals surface area contributed by atoms with E-state index in [9.17, 15) is 4.79 Å². The van der Waals surface area contributed by atoms with Crippen LogP contribution in [0.2, 0.25) is 0 Å². The molecule has 1 saturated heterocycles. The Balaban J connectivity index is 1.67. The number of amides is 2. The first kappa shape index (κ1) is 20.2. The van der Waals surface area contributed by atoms with Gasteiger partial charge in [0.1, 0.15) is 0 Å². The maximum absolute atomic E-state index is 12.4. The van der Waals surface area contributed by atoms with Crippen LogP contribution in [0.25, 0.3) is 0 Å². The number of carbonyl (C=O) groups excluding carboxylic acids is 1. The van der Waals surface area contributed by atoms with Gasteiger partial charge in [-0.1, -0.05) is 24.3 Å². The minimum Gasteiger partial charge on any atom is -0.379 e. The Morgan fingerprint density at radius 3 is 2.50 bits per heavy atom. The lowest BCUT2D eigenvalue weighted by Gasteiger charge is -2.35. The number of hydrogen-bond acceptors (Lipinski definition) is 4. The topological polar surface area (TPSA) is 56.8 Å². The summed E-state index contributed by atoms with van der Waals surface area (Å²) in [6.45, 7) is 5.72. The predicted octanol–water partition coefficient (Wildman–Crippen LogP) is 3.26. The number of ether oxygens (including phenoxy) is 1. The van der Waals surface area contributed by atoms with Gasteiger partial charge in [0.2, 0.25) is 0 Å². The molecule has 1 aliphatic rings. The van der Waals surface area contributed by atoms with Crippen LogP contribution in [0, 0.1) is 6.92 Å². The van der Waals surface area contributed by atoms with Crippen molar-refractivity contribution in [2.45, 2.75) is 13.0 Å². The first-order valence-electron chi connectivity index (χ1n) is 9.73. The maximum atomic E-state index is 12.4. The highest BCUT2D eigenvalue weighted by atomic mass is 16.5. The van der Waals surface area contributed by atoms with Gasteiger partial charge in [0.25, 0.3) is 0 Å². The van der Waals surface area contributed by atoms with Crippen molar-refractivity contribution < 1.29 is 9.53 Å². The number of rotatable bonds is 6. The standard InChI is InChI=1S/C22H30N4O2/c1-17-5-4-6-19(15-17)24-22(27)23-16-21(26-11-13-28-14-12-26)18-7-9-20(10-8-18)25(2)3/h4-10,15,21H,11-14,16H2,1-3H3,(H2,23,24,27)/t21-/m0/s1. The summed E-state index contributed by atoms with van der Waals surface area (Å²) in [5, 5.41) is 5.96. The van der Waals surface area contributed by atoms with E-state index in [1.807, 2.05) is 45.3 Å². The molecule has 1 heterocycles. The zero-order chi connectivity index (χ0) is 19.9. The van der Waals surface area contributed by atoms with Gasteiger partial charge in [0, 0.05) is 45.1 Å². The van der Waals surface area contributed by atoms with E-state index in [1.165, 1.54) is 5.56 Å². The van der Waals surface area contributed by atoms with Crippen molar-refractivity contribution in [1.82, 2.24) is 10.2 Å². The number of nitrogens with one attached hydrogen (secondary N) is 2. The van der Waals surface area contributed by atoms with Gasteiger partial charge in [0.05, 0.1) is 19.3 Å². The van der Waals surface area contributed by atoms with Gasteiger partial charge < -0.3 is 20.3 Å². The maximum Gasteiger partial charge on any atom is 0.319 e. The molecule has 6 heteroatoms. The SMILES string of the molecule is Cc1cccc(NC(=O)NC[C@@H](c2ccc(N(C)C)cc2)N2CCOCC2)c1. The Morgan fingerprint density at radius 1 is 1.14 bits per heavy atom. The number of urea groups is 1. The van der Waals surface area contributed by atoms with Crippen LogP contribution in [-0.2, 0) is 4.74 Å². The van der Waals surface area contributed by atoms with Crippen molar-refractivity contribution in [3.8, 4) is 0 Å². The minimum atomic E-state index is -0.186. The molecule has 1 atom stereocenters. The molecule has 0 aromatic heterocycles. The van der Waals surface area contributed by atoms with Gasteiger partial charge >= 0.3 is 6.03 Å². The third-order valence-electron chi connectivity index (χ3n) is 5.01. The Morgan fingerprint density at radius 2 is 1.86 bits per heavy atom. The summed E-state index contributed by atoms with van der Waals surface area (Å²) in [5.41, 5.74) is 4.28. The highest BCUT2D eigenvalue weighted by molar-refractivity contribution is 5.89. The third-order valence-corrected chi connectivity index (χ3v) is 5.01. The largest absolute Gasteiger partial charge is 0.379 e. The second-order valence-corrected chi connectivity index (χ2v) is 7.35. The average Bonchev–Trinajstić information content (AvgIpc) is 2.69. The molecule has 0 bridgehead atoms. The van der Waals surface area contributed by atoms with Gasteiger partial charge in [-0.2, -0.15) is 0 Å². The molecule has 0 radical (unpaired) electrons. The number of aryl methyl sites for hydroxylation is 1. The van der Waals surface area contributed by atoms with E-state index in [0.29, 0.717) is 6.54 Å². The summed E-state index contributed by atoms with van der Waals surface area (Å²) in [7, 11) is 4.07. The molecule has 2 N–H and O–H groups in total. The third kappa shape index (κ3) is 5.47. The summed E-state index contributed by atoms with van der Waals surface area (Å²) >= 11 is 0. The van der Waals surface area contributed by atoms with Crippen molar-refractivity contribution in [2.75, 3.05) is 57.2 Å². The lowest BCUT2D eigenvalue weighted by Crippen LogP contribution is -2.44. The number of morpholine rings is 1. The van der Waals surface area contributed by atoms with Crippen LogP contribution in [0.15, 0.2) is 48.5 Å². The van der Waals surface area contributed by atoms with Crippen LogP contribution < -0.4 is 15.5 Å². The van der Waals surface area contributed by atoms with E-state index < -0.39 is 0 Å². The van der Waals surface area contributed by atoms with Crippen molar-refractivity contribution in [2.24, 2.45) is 0 Å². The van der Waals surface area contributed by atoms with Gasteiger partial charge in [-0.05, 0) is 42.3 Å². The fourth-order valence-corrected chi connectivity index (χ4v) is 3.43. The molecule has 0 spiro atoms. The predicted molar refractivity (Wildman–Crippen MR) is 114 cm³/mol. The molecular weight excluding hydrogens is 352 g/mol. The van der Waals surface area contributed by atoms with Crippen LogP contribution in [0.1, 0.15) is 17.2 Å². The summed E-state index contributed by atoms with van der Waals surface area (Å²) < 4.78 is 5.50. The van der Waals surface area contributed by atoms with Crippen molar-refractivity contribution in [3.63, 3.8) is 0 Å². The van der Waals surface area contributed by atoms with Crippen LogP contribution in [0.5, 0.6) is 0 Å². The normalized spacial score (nSPS) is 15.7. The molecule has 2 aromatic rings. The van der Waals surface area contributed by atoms with Gasteiger partial charge in [-0.3, -0.25) is 4.90 Å². The molecule has 2 aromatic carbocycles. The second-order valence-electron chi connectivity index (χ2n) is 7.35. The van der Waals surface area contributed by atoms with Crippen molar-refractivity contribution in [3.05, 3.63) is 59.7 Å². The second kappa shape index (κ2) is 9.57. The zero-order valence-electron chi connectivity index (χ0n) is 16.9. The number of hydrogen-bond donors (Lipinski definition) is 2. The molecule has 0 aliphatic carbocycles. The van der Waals surface area contributed by atoms with Crippen LogP contribution in [0.4, 0.5) is 16.2 Å². The number of benzene rings is 2. The summed E-state index contributed by atoms with van der Waals surface area (Å²) in [6, 6.07) is 16.3. The van der Waals surface area contributed by atoms with E-state index in [4.69, 9.17) is 4.74 Å². The molecule has 0 saturated carbocycles. The fraction of sp³-hybridized carbons (Fsp3) is 0.409. The number of nitrogens with zero attached hydrogens (tertiary/aromatic N) is 2. The van der Waals surface area contributed by atoms with E-state index >= 15 is 0 Å². The Hall–Kier alpha value is -2.57. The van der Waals surface area contributed by atoms with E-state index in [2.05, 4.69) is 44.7 Å². The highest BCUT2D eigenvalue weighted by Gasteiger charge is 2.23. The Kier molecular flexibility index (Phi) is 6.90. The van der Waals surface area contributed by atoms with Crippen LogP contribution in [-0.4, -0.2) is 57.9 Å². The van der Waals surface area contributed by atoms with Gasteiger partial charge in [0.15, 0.2) is 0 Å². The van der Waals surface area contributed by atoms with E-state index in [1.54, 1.807) is 0 Å². The molecule has 1 fully saturated rings. The minimum absolute atomic E-state index is 0.114. The first-order valence-corrected chi connectivity index (χ1v) is 9.73. The first-order chi connectivity index (χ1) is 13.5. The summed E-state index contributed by atoms with van der Waals surface area (Å²) in [6.07, 6.45) is 0. The van der Waals surface area contributed by atoms with Crippen LogP contribution >= 0.6 is 0 Å². The lowest BCUT2D eigenvalue weighted by molar-refractivity contribution is 0.0168. The lowest BCUT2D eigenvalue weighted by atomic mass is 10.0. The average molecular weight is 383 g/mol. The van der Waals surface area contributed by atoms with Crippen molar-refractivity contribution >= 4 is 17.4 Å². The summed E-state index contributed by atoms with van der Waals surface area (Å²) in [5.74, 6) is 0. The van der Waals surface area contributed by atoms with Crippen LogP contribution in [0.3, 0.4) is 0 Å².